The summed E-state index contributed by atoms with van der Waals surface area (Å²) in [4.78, 5) is 4.53. The second-order valence-corrected chi connectivity index (χ2v) is 4.71. The molecule has 0 bridgehead atoms. The zero-order valence-corrected chi connectivity index (χ0v) is 10.3. The standard InChI is InChI=1S/C10H7Cl2F3N2O/c11-6-1-5(2-7(12)3-6)9(10(13,14)15)4-8(16)17-18-9/h1-3H,4H2,(H2,16,17). The lowest BCUT2D eigenvalue weighted by Gasteiger charge is -2.29. The molecule has 98 valence electrons. The van der Waals surface area contributed by atoms with Crippen molar-refractivity contribution in [3.05, 3.63) is 33.8 Å². The number of alkyl halides is 3. The highest BCUT2D eigenvalue weighted by Crippen LogP contribution is 2.48. The van der Waals surface area contributed by atoms with Crippen LogP contribution in [0.15, 0.2) is 23.4 Å². The molecule has 3 nitrogen and oxygen atoms in total. The van der Waals surface area contributed by atoms with Crippen LogP contribution in [0.25, 0.3) is 0 Å². The van der Waals surface area contributed by atoms with E-state index < -0.39 is 18.2 Å². The fourth-order valence-electron chi connectivity index (χ4n) is 1.71. The molecule has 1 aromatic carbocycles. The van der Waals surface area contributed by atoms with Crippen LogP contribution < -0.4 is 5.73 Å². The first kappa shape index (κ1) is 13.3. The van der Waals surface area contributed by atoms with Crippen LogP contribution in [0.4, 0.5) is 13.2 Å². The zero-order valence-electron chi connectivity index (χ0n) is 8.76. The summed E-state index contributed by atoms with van der Waals surface area (Å²) in [5.41, 5.74) is 2.43. The van der Waals surface area contributed by atoms with Gasteiger partial charge in [-0.05, 0) is 18.2 Å². The molecular weight excluding hydrogens is 292 g/mol. The van der Waals surface area contributed by atoms with Crippen molar-refractivity contribution >= 4 is 29.0 Å². The highest BCUT2D eigenvalue weighted by molar-refractivity contribution is 6.34. The van der Waals surface area contributed by atoms with Crippen LogP contribution in [0.1, 0.15) is 12.0 Å². The molecule has 2 N–H and O–H groups in total. The number of benzene rings is 1. The molecule has 2 rings (SSSR count). The average molecular weight is 299 g/mol. The van der Waals surface area contributed by atoms with E-state index in [4.69, 9.17) is 28.9 Å². The molecule has 0 radical (unpaired) electrons. The maximum atomic E-state index is 13.2. The summed E-state index contributed by atoms with van der Waals surface area (Å²) in [6.07, 6.45) is -5.28. The van der Waals surface area contributed by atoms with Crippen molar-refractivity contribution in [1.82, 2.24) is 0 Å². The number of nitrogens with zero attached hydrogens (tertiary/aromatic N) is 1. The number of hydrogen-bond donors (Lipinski definition) is 1. The van der Waals surface area contributed by atoms with E-state index in [-0.39, 0.29) is 21.4 Å². The van der Waals surface area contributed by atoms with E-state index in [1.54, 1.807) is 0 Å². The average Bonchev–Trinajstić information content (AvgIpc) is 2.59. The van der Waals surface area contributed by atoms with Gasteiger partial charge in [0.2, 0.25) is 0 Å². The first-order valence-electron chi connectivity index (χ1n) is 4.78. The fraction of sp³-hybridized carbons (Fsp3) is 0.300. The van der Waals surface area contributed by atoms with Crippen molar-refractivity contribution in [2.24, 2.45) is 10.9 Å². The Morgan fingerprint density at radius 3 is 2.17 bits per heavy atom. The molecule has 1 unspecified atom stereocenters. The minimum absolute atomic E-state index is 0.0789. The summed E-state index contributed by atoms with van der Waals surface area (Å²) < 4.78 is 39.6. The third kappa shape index (κ3) is 2.10. The highest BCUT2D eigenvalue weighted by atomic mass is 35.5. The smallest absolute Gasteiger partial charge is 0.384 e. The van der Waals surface area contributed by atoms with Gasteiger partial charge in [-0.2, -0.15) is 13.2 Å². The van der Waals surface area contributed by atoms with Gasteiger partial charge in [0.05, 0.1) is 6.42 Å². The van der Waals surface area contributed by atoms with E-state index in [2.05, 4.69) is 9.99 Å². The van der Waals surface area contributed by atoms with Gasteiger partial charge in [0, 0.05) is 15.6 Å². The molecular formula is C10H7Cl2F3N2O. The monoisotopic (exact) mass is 298 g/mol. The van der Waals surface area contributed by atoms with Gasteiger partial charge in [0.1, 0.15) is 5.84 Å². The molecule has 18 heavy (non-hydrogen) atoms. The molecule has 1 atom stereocenters. The molecule has 0 aliphatic carbocycles. The van der Waals surface area contributed by atoms with Gasteiger partial charge in [-0.1, -0.05) is 28.4 Å². The van der Waals surface area contributed by atoms with Gasteiger partial charge in [-0.3, -0.25) is 0 Å². The van der Waals surface area contributed by atoms with Crippen molar-refractivity contribution in [2.45, 2.75) is 18.2 Å². The van der Waals surface area contributed by atoms with E-state index in [9.17, 15) is 13.2 Å². The molecule has 0 saturated carbocycles. The lowest BCUT2D eigenvalue weighted by Crippen LogP contribution is -2.43. The number of rotatable bonds is 1. The number of oxime groups is 1. The Kier molecular flexibility index (Phi) is 3.11. The first-order chi connectivity index (χ1) is 8.24. The van der Waals surface area contributed by atoms with Crippen LogP contribution in [0, 0.1) is 0 Å². The summed E-state index contributed by atoms with van der Waals surface area (Å²) in [5.74, 6) is -0.233. The number of nitrogens with two attached hydrogens (primary N) is 1. The first-order valence-corrected chi connectivity index (χ1v) is 5.54. The fourth-order valence-corrected chi connectivity index (χ4v) is 2.24. The second kappa shape index (κ2) is 4.20. The lowest BCUT2D eigenvalue weighted by molar-refractivity contribution is -0.275. The van der Waals surface area contributed by atoms with Crippen LogP contribution in [-0.2, 0) is 10.4 Å². The number of amidine groups is 1. The quantitative estimate of drug-likeness (QED) is 0.863. The molecule has 0 fully saturated rings. The second-order valence-electron chi connectivity index (χ2n) is 3.83. The van der Waals surface area contributed by atoms with Crippen molar-refractivity contribution < 1.29 is 18.0 Å². The van der Waals surface area contributed by atoms with Crippen LogP contribution in [0.3, 0.4) is 0 Å². The van der Waals surface area contributed by atoms with Gasteiger partial charge in [0.15, 0.2) is 0 Å². The van der Waals surface area contributed by atoms with Gasteiger partial charge < -0.3 is 10.6 Å². The van der Waals surface area contributed by atoms with E-state index in [1.807, 2.05) is 0 Å². The number of halogens is 5. The van der Waals surface area contributed by atoms with E-state index in [0.717, 1.165) is 12.1 Å². The van der Waals surface area contributed by atoms with Crippen molar-refractivity contribution in [1.29, 1.82) is 0 Å². The molecule has 1 heterocycles. The molecule has 1 aliphatic rings. The van der Waals surface area contributed by atoms with Crippen LogP contribution in [-0.4, -0.2) is 12.0 Å². The summed E-state index contributed by atoms with van der Waals surface area (Å²) in [6, 6.07) is 3.60. The maximum absolute atomic E-state index is 13.2. The number of hydrogen-bond acceptors (Lipinski definition) is 3. The minimum Gasteiger partial charge on any atom is -0.384 e. The van der Waals surface area contributed by atoms with Crippen molar-refractivity contribution in [3.8, 4) is 0 Å². The van der Waals surface area contributed by atoms with Crippen LogP contribution in [0.2, 0.25) is 10.0 Å². The summed E-state index contributed by atoms with van der Waals surface area (Å²) in [5, 5.41) is 3.34. The Labute approximate surface area is 110 Å². The molecule has 1 aromatic rings. The lowest BCUT2D eigenvalue weighted by atomic mass is 9.89. The van der Waals surface area contributed by atoms with Gasteiger partial charge in [-0.15, -0.1) is 0 Å². The molecule has 0 spiro atoms. The maximum Gasteiger partial charge on any atom is 0.435 e. The molecule has 8 heteroatoms. The summed E-state index contributed by atoms with van der Waals surface area (Å²) in [7, 11) is 0. The molecule has 0 saturated heterocycles. The van der Waals surface area contributed by atoms with Gasteiger partial charge in [0.25, 0.3) is 5.60 Å². The zero-order chi connectivity index (χ0) is 13.6. The SMILES string of the molecule is NC1=NOC(c2cc(Cl)cc(Cl)c2)(C(F)(F)F)C1. The predicted molar refractivity (Wildman–Crippen MR) is 61.5 cm³/mol. The Bertz CT molecular complexity index is 498. The topological polar surface area (TPSA) is 47.6 Å². The molecule has 0 aromatic heterocycles. The molecule has 0 amide bonds. The van der Waals surface area contributed by atoms with Crippen molar-refractivity contribution in [2.75, 3.05) is 0 Å². The normalized spacial score (nSPS) is 23.7. The van der Waals surface area contributed by atoms with Crippen molar-refractivity contribution in [3.63, 3.8) is 0 Å². The Hall–Kier alpha value is -1.14. The van der Waals surface area contributed by atoms with Gasteiger partial charge >= 0.3 is 6.18 Å². The third-order valence-electron chi connectivity index (χ3n) is 2.54. The summed E-state index contributed by atoms with van der Waals surface area (Å²) >= 11 is 11.4. The summed E-state index contributed by atoms with van der Waals surface area (Å²) in [6.45, 7) is 0. The highest BCUT2D eigenvalue weighted by Gasteiger charge is 2.62. The van der Waals surface area contributed by atoms with E-state index >= 15 is 0 Å². The van der Waals surface area contributed by atoms with Crippen LogP contribution in [0.5, 0.6) is 0 Å². The molecule has 1 aliphatic heterocycles. The van der Waals surface area contributed by atoms with Crippen LogP contribution >= 0.6 is 23.2 Å². The Morgan fingerprint density at radius 1 is 1.22 bits per heavy atom. The van der Waals surface area contributed by atoms with E-state index in [0.29, 0.717) is 0 Å². The Balaban J connectivity index is 2.55. The minimum atomic E-state index is -4.69. The van der Waals surface area contributed by atoms with Gasteiger partial charge in [-0.25, -0.2) is 0 Å². The Morgan fingerprint density at radius 2 is 1.78 bits per heavy atom. The third-order valence-corrected chi connectivity index (χ3v) is 2.97. The largest absolute Gasteiger partial charge is 0.435 e. The van der Waals surface area contributed by atoms with E-state index in [1.165, 1.54) is 6.07 Å². The predicted octanol–water partition coefficient (Wildman–Crippen LogP) is 3.44.